The summed E-state index contributed by atoms with van der Waals surface area (Å²) in [7, 11) is 0. The predicted molar refractivity (Wildman–Crippen MR) is 78.5 cm³/mol. The summed E-state index contributed by atoms with van der Waals surface area (Å²) in [6.45, 7) is 6.05. The minimum Gasteiger partial charge on any atom is -0.491 e. The number of nitrogens with two attached hydrogens (primary N) is 1. The Balaban J connectivity index is 2.61. The van der Waals surface area contributed by atoms with Gasteiger partial charge in [-0.15, -0.1) is 0 Å². The largest absolute Gasteiger partial charge is 0.491 e. The van der Waals surface area contributed by atoms with E-state index in [0.29, 0.717) is 17.4 Å². The minimum atomic E-state index is -0.251. The maximum atomic E-state index is 10.8. The summed E-state index contributed by atoms with van der Waals surface area (Å²) < 4.78 is 5.59. The highest BCUT2D eigenvalue weighted by Gasteiger charge is 2.10. The molecule has 0 heterocycles. The Morgan fingerprint density at radius 3 is 2.58 bits per heavy atom. The average molecular weight is 284 g/mol. The van der Waals surface area contributed by atoms with E-state index < -0.39 is 0 Å². The van der Waals surface area contributed by atoms with Crippen molar-refractivity contribution >= 4 is 17.5 Å². The van der Waals surface area contributed by atoms with Gasteiger partial charge in [-0.2, -0.15) is 0 Å². The highest BCUT2D eigenvalue weighted by molar-refractivity contribution is 6.31. The second-order valence-corrected chi connectivity index (χ2v) is 5.64. The molecule has 1 amide bonds. The van der Waals surface area contributed by atoms with Crippen LogP contribution in [0.5, 0.6) is 5.75 Å². The van der Waals surface area contributed by atoms with Crippen molar-refractivity contribution in [3.8, 4) is 5.75 Å². The van der Waals surface area contributed by atoms with Gasteiger partial charge in [0.1, 0.15) is 5.75 Å². The van der Waals surface area contributed by atoms with Crippen LogP contribution in [0.25, 0.3) is 0 Å². The van der Waals surface area contributed by atoms with Crippen molar-refractivity contribution < 1.29 is 9.53 Å². The molecule has 0 aliphatic rings. The van der Waals surface area contributed by atoms with Crippen molar-refractivity contribution in [2.75, 3.05) is 0 Å². The quantitative estimate of drug-likeness (QED) is 0.832. The van der Waals surface area contributed by atoms with Crippen LogP contribution in [0, 0.1) is 5.92 Å². The van der Waals surface area contributed by atoms with Gasteiger partial charge >= 0.3 is 0 Å². The third kappa shape index (κ3) is 5.97. The van der Waals surface area contributed by atoms with E-state index in [2.05, 4.69) is 6.92 Å². The maximum Gasteiger partial charge on any atom is 0.217 e. The topological polar surface area (TPSA) is 52.3 Å². The number of ether oxygens (including phenoxy) is 1. The number of rotatable bonds is 7. The van der Waals surface area contributed by atoms with Gasteiger partial charge in [0.05, 0.1) is 6.10 Å². The summed E-state index contributed by atoms with van der Waals surface area (Å²) in [6.07, 6.45) is 2.19. The van der Waals surface area contributed by atoms with Gasteiger partial charge in [0.15, 0.2) is 0 Å². The first kappa shape index (κ1) is 15.8. The molecule has 106 valence electrons. The first-order valence-electron chi connectivity index (χ1n) is 6.62. The standard InChI is InChI=1S/C15H22ClNO2/c1-10(2)19-13-6-5-12(14(16)9-13)8-11(3)4-7-15(17)18/h5-6,9-11H,4,7-8H2,1-3H3,(H2,17,18). The van der Waals surface area contributed by atoms with E-state index in [1.807, 2.05) is 32.0 Å². The lowest BCUT2D eigenvalue weighted by Gasteiger charge is -2.14. The number of hydrogen-bond acceptors (Lipinski definition) is 2. The van der Waals surface area contributed by atoms with Crippen LogP contribution in [-0.4, -0.2) is 12.0 Å². The molecule has 19 heavy (non-hydrogen) atoms. The fourth-order valence-corrected chi connectivity index (χ4v) is 2.15. The highest BCUT2D eigenvalue weighted by atomic mass is 35.5. The number of benzene rings is 1. The fraction of sp³-hybridized carbons (Fsp3) is 0.533. The van der Waals surface area contributed by atoms with Crippen molar-refractivity contribution in [3.63, 3.8) is 0 Å². The molecule has 1 unspecified atom stereocenters. The van der Waals surface area contributed by atoms with E-state index in [9.17, 15) is 4.79 Å². The Hall–Kier alpha value is -1.22. The van der Waals surface area contributed by atoms with Crippen molar-refractivity contribution in [2.24, 2.45) is 11.7 Å². The van der Waals surface area contributed by atoms with Crippen LogP contribution >= 0.6 is 11.6 Å². The molecule has 0 fully saturated rings. The van der Waals surface area contributed by atoms with Gasteiger partial charge in [-0.25, -0.2) is 0 Å². The smallest absolute Gasteiger partial charge is 0.217 e. The third-order valence-electron chi connectivity index (χ3n) is 2.85. The monoisotopic (exact) mass is 283 g/mol. The zero-order chi connectivity index (χ0) is 14.4. The van der Waals surface area contributed by atoms with Gasteiger partial charge in [-0.05, 0) is 50.3 Å². The summed E-state index contributed by atoms with van der Waals surface area (Å²) in [5.74, 6) is 0.911. The third-order valence-corrected chi connectivity index (χ3v) is 3.20. The summed E-state index contributed by atoms with van der Waals surface area (Å²) in [4.78, 5) is 10.8. The summed E-state index contributed by atoms with van der Waals surface area (Å²) in [5, 5.41) is 0.712. The number of hydrogen-bond donors (Lipinski definition) is 1. The molecular weight excluding hydrogens is 262 g/mol. The summed E-state index contributed by atoms with van der Waals surface area (Å²) >= 11 is 6.25. The van der Waals surface area contributed by atoms with Gasteiger partial charge in [0.25, 0.3) is 0 Å². The van der Waals surface area contributed by atoms with Crippen LogP contribution in [0.3, 0.4) is 0 Å². The molecule has 0 saturated heterocycles. The molecule has 0 aromatic heterocycles. The summed E-state index contributed by atoms with van der Waals surface area (Å²) in [5.41, 5.74) is 6.23. The first-order chi connectivity index (χ1) is 8.88. The Morgan fingerprint density at radius 1 is 1.37 bits per heavy atom. The Bertz CT molecular complexity index is 432. The summed E-state index contributed by atoms with van der Waals surface area (Å²) in [6, 6.07) is 5.76. The molecule has 1 aromatic rings. The fourth-order valence-electron chi connectivity index (χ4n) is 1.91. The molecule has 0 bridgehead atoms. The number of carbonyl (C=O) groups excluding carboxylic acids is 1. The molecule has 0 aliphatic heterocycles. The van der Waals surface area contributed by atoms with E-state index in [4.69, 9.17) is 22.1 Å². The zero-order valence-corrected chi connectivity index (χ0v) is 12.5. The maximum absolute atomic E-state index is 10.8. The van der Waals surface area contributed by atoms with Crippen molar-refractivity contribution in [3.05, 3.63) is 28.8 Å². The van der Waals surface area contributed by atoms with Crippen LogP contribution in [0.15, 0.2) is 18.2 Å². The van der Waals surface area contributed by atoms with Crippen LogP contribution in [0.1, 0.15) is 39.2 Å². The van der Waals surface area contributed by atoms with Crippen molar-refractivity contribution in [2.45, 2.75) is 46.1 Å². The van der Waals surface area contributed by atoms with E-state index in [0.717, 1.165) is 24.2 Å². The van der Waals surface area contributed by atoms with E-state index in [-0.39, 0.29) is 12.0 Å². The van der Waals surface area contributed by atoms with E-state index >= 15 is 0 Å². The predicted octanol–water partition coefficient (Wildman–Crippen LogP) is 3.57. The molecule has 4 heteroatoms. The van der Waals surface area contributed by atoms with Crippen molar-refractivity contribution in [1.82, 2.24) is 0 Å². The van der Waals surface area contributed by atoms with Crippen LogP contribution < -0.4 is 10.5 Å². The average Bonchev–Trinajstić information content (AvgIpc) is 2.29. The van der Waals surface area contributed by atoms with Crippen molar-refractivity contribution in [1.29, 1.82) is 0 Å². The number of primary amides is 1. The molecule has 1 atom stereocenters. The molecule has 3 nitrogen and oxygen atoms in total. The van der Waals surface area contributed by atoms with E-state index in [1.54, 1.807) is 0 Å². The number of carbonyl (C=O) groups is 1. The molecule has 2 N–H and O–H groups in total. The van der Waals surface area contributed by atoms with Gasteiger partial charge in [0, 0.05) is 11.4 Å². The van der Waals surface area contributed by atoms with Gasteiger partial charge in [-0.3, -0.25) is 4.79 Å². The second kappa shape index (κ2) is 7.39. The Labute approximate surface area is 120 Å². The molecule has 0 spiro atoms. The van der Waals surface area contributed by atoms with Gasteiger partial charge < -0.3 is 10.5 Å². The molecule has 0 radical (unpaired) electrons. The molecule has 1 aromatic carbocycles. The second-order valence-electron chi connectivity index (χ2n) is 5.23. The normalized spacial score (nSPS) is 12.5. The molecule has 0 aliphatic carbocycles. The van der Waals surface area contributed by atoms with Crippen LogP contribution in [-0.2, 0) is 11.2 Å². The highest BCUT2D eigenvalue weighted by Crippen LogP contribution is 2.26. The lowest BCUT2D eigenvalue weighted by Crippen LogP contribution is -2.12. The molecule has 1 rings (SSSR count). The first-order valence-corrected chi connectivity index (χ1v) is 6.99. The Kier molecular flexibility index (Phi) is 6.16. The zero-order valence-electron chi connectivity index (χ0n) is 11.8. The van der Waals surface area contributed by atoms with Gasteiger partial charge in [-0.1, -0.05) is 24.6 Å². The SMILES string of the molecule is CC(CCC(N)=O)Cc1ccc(OC(C)C)cc1Cl. The minimum absolute atomic E-state index is 0.136. The lowest BCUT2D eigenvalue weighted by molar-refractivity contribution is -0.118. The number of amides is 1. The molecule has 0 saturated carbocycles. The lowest BCUT2D eigenvalue weighted by atomic mass is 9.96. The van der Waals surface area contributed by atoms with E-state index in [1.165, 1.54) is 0 Å². The van der Waals surface area contributed by atoms with Crippen LogP contribution in [0.4, 0.5) is 0 Å². The molecular formula is C15H22ClNO2. The number of halogens is 1. The Morgan fingerprint density at radius 2 is 2.05 bits per heavy atom. The van der Waals surface area contributed by atoms with Gasteiger partial charge in [0.2, 0.25) is 5.91 Å². The van der Waals surface area contributed by atoms with Crippen LogP contribution in [0.2, 0.25) is 5.02 Å².